The maximum absolute atomic E-state index is 6.03. The summed E-state index contributed by atoms with van der Waals surface area (Å²) in [6.45, 7) is 0. The first kappa shape index (κ1) is 14.6. The molecule has 0 saturated carbocycles. The number of hydrogen-bond acceptors (Lipinski definition) is 4. The molecule has 0 spiro atoms. The van der Waals surface area contributed by atoms with Crippen LogP contribution in [-0.2, 0) is 0 Å². The quantitative estimate of drug-likeness (QED) is 0.707. The van der Waals surface area contributed by atoms with Crippen LogP contribution in [0.5, 0.6) is 11.5 Å². The summed E-state index contributed by atoms with van der Waals surface area (Å²) >= 11 is 11.9. The average molecular weight is 311 g/mol. The van der Waals surface area contributed by atoms with Crippen LogP contribution in [0.25, 0.3) is 0 Å². The number of halogens is 2. The van der Waals surface area contributed by atoms with E-state index in [-0.39, 0.29) is 0 Å². The molecule has 0 aromatic heterocycles. The van der Waals surface area contributed by atoms with Gasteiger partial charge in [-0.1, -0.05) is 23.2 Å². The van der Waals surface area contributed by atoms with Gasteiger partial charge in [-0.2, -0.15) is 0 Å². The van der Waals surface area contributed by atoms with Gasteiger partial charge < -0.3 is 9.47 Å². The molecule has 0 aliphatic carbocycles. The first-order chi connectivity index (χ1) is 9.63. The molecule has 0 amide bonds. The van der Waals surface area contributed by atoms with Gasteiger partial charge in [0.1, 0.15) is 22.9 Å². The summed E-state index contributed by atoms with van der Waals surface area (Å²) in [6.07, 6.45) is 0. The average Bonchev–Trinajstić information content (AvgIpc) is 2.47. The molecule has 20 heavy (non-hydrogen) atoms. The topological polar surface area (TPSA) is 43.2 Å². The molecule has 2 aromatic rings. The van der Waals surface area contributed by atoms with E-state index < -0.39 is 0 Å². The highest BCUT2D eigenvalue weighted by atomic mass is 35.5. The Morgan fingerprint density at radius 1 is 0.850 bits per heavy atom. The number of hydrogen-bond donors (Lipinski definition) is 0. The van der Waals surface area contributed by atoms with E-state index in [0.717, 1.165) is 0 Å². The van der Waals surface area contributed by atoms with E-state index in [1.54, 1.807) is 50.6 Å². The zero-order valence-electron chi connectivity index (χ0n) is 10.9. The Kier molecular flexibility index (Phi) is 4.82. The Morgan fingerprint density at radius 2 is 1.60 bits per heavy atom. The lowest BCUT2D eigenvalue weighted by molar-refractivity contribution is 0.404. The van der Waals surface area contributed by atoms with Crippen LogP contribution in [-0.4, -0.2) is 14.2 Å². The molecule has 0 aliphatic rings. The van der Waals surface area contributed by atoms with Gasteiger partial charge in [-0.05, 0) is 30.3 Å². The van der Waals surface area contributed by atoms with E-state index in [0.29, 0.717) is 32.9 Å². The van der Waals surface area contributed by atoms with Crippen LogP contribution >= 0.6 is 23.2 Å². The molecular formula is C14H12Cl2N2O2. The van der Waals surface area contributed by atoms with Crippen LogP contribution in [0.2, 0.25) is 10.0 Å². The second kappa shape index (κ2) is 6.59. The Morgan fingerprint density at radius 3 is 2.30 bits per heavy atom. The minimum Gasteiger partial charge on any atom is -0.497 e. The van der Waals surface area contributed by atoms with Gasteiger partial charge in [-0.25, -0.2) is 0 Å². The highest BCUT2D eigenvalue weighted by Gasteiger charge is 2.05. The summed E-state index contributed by atoms with van der Waals surface area (Å²) in [5, 5.41) is 9.24. The monoisotopic (exact) mass is 310 g/mol. The summed E-state index contributed by atoms with van der Waals surface area (Å²) in [4.78, 5) is 0. The van der Waals surface area contributed by atoms with Gasteiger partial charge in [0.2, 0.25) is 0 Å². The Hall–Kier alpha value is -1.78. The highest BCUT2D eigenvalue weighted by Crippen LogP contribution is 2.34. The van der Waals surface area contributed by atoms with Gasteiger partial charge >= 0.3 is 0 Å². The highest BCUT2D eigenvalue weighted by molar-refractivity contribution is 6.35. The van der Waals surface area contributed by atoms with E-state index >= 15 is 0 Å². The summed E-state index contributed by atoms with van der Waals surface area (Å²) in [6, 6.07) is 10.3. The molecule has 0 radical (unpaired) electrons. The lowest BCUT2D eigenvalue weighted by Crippen LogP contribution is -1.86. The number of ether oxygens (including phenoxy) is 2. The number of azo groups is 1. The standard InChI is InChI=1S/C14H12Cl2N2O2/c1-19-10-4-6-14(20-2)13(8-10)18-17-12-7-9(15)3-5-11(12)16/h3-8H,1-2H3. The Bertz CT molecular complexity index is 645. The van der Waals surface area contributed by atoms with Gasteiger partial charge in [0.05, 0.1) is 19.2 Å². The minimum absolute atomic E-state index is 0.472. The molecule has 0 atom stereocenters. The molecule has 2 aromatic carbocycles. The van der Waals surface area contributed by atoms with Crippen LogP contribution < -0.4 is 9.47 Å². The molecule has 0 heterocycles. The molecule has 6 heteroatoms. The fourth-order valence-corrected chi connectivity index (χ4v) is 1.87. The second-order valence-electron chi connectivity index (χ2n) is 3.83. The third-order valence-corrected chi connectivity index (χ3v) is 3.11. The second-order valence-corrected chi connectivity index (χ2v) is 4.68. The van der Waals surface area contributed by atoms with Crippen molar-refractivity contribution in [2.75, 3.05) is 14.2 Å². The predicted molar refractivity (Wildman–Crippen MR) is 80.2 cm³/mol. The fraction of sp³-hybridized carbons (Fsp3) is 0.143. The van der Waals surface area contributed by atoms with E-state index in [9.17, 15) is 0 Å². The van der Waals surface area contributed by atoms with Crippen molar-refractivity contribution in [3.63, 3.8) is 0 Å². The van der Waals surface area contributed by atoms with Crippen LogP contribution in [0.3, 0.4) is 0 Å². The van der Waals surface area contributed by atoms with Crippen molar-refractivity contribution in [3.05, 3.63) is 46.4 Å². The molecule has 0 N–H and O–H groups in total. The van der Waals surface area contributed by atoms with Crippen molar-refractivity contribution in [3.8, 4) is 11.5 Å². The van der Waals surface area contributed by atoms with Crippen molar-refractivity contribution < 1.29 is 9.47 Å². The molecule has 0 bridgehead atoms. The first-order valence-corrected chi connectivity index (χ1v) is 6.48. The molecule has 0 unspecified atom stereocenters. The van der Waals surface area contributed by atoms with Crippen LogP contribution in [0.4, 0.5) is 11.4 Å². The van der Waals surface area contributed by atoms with Gasteiger partial charge in [0.25, 0.3) is 0 Å². The molecule has 2 rings (SSSR count). The summed E-state index contributed by atoms with van der Waals surface area (Å²) < 4.78 is 10.4. The number of nitrogens with zero attached hydrogens (tertiary/aromatic N) is 2. The van der Waals surface area contributed by atoms with E-state index in [4.69, 9.17) is 32.7 Å². The zero-order valence-corrected chi connectivity index (χ0v) is 12.4. The Balaban J connectivity index is 2.37. The first-order valence-electron chi connectivity index (χ1n) is 5.73. The third-order valence-electron chi connectivity index (χ3n) is 2.56. The van der Waals surface area contributed by atoms with E-state index in [1.807, 2.05) is 0 Å². The summed E-state index contributed by atoms with van der Waals surface area (Å²) in [5.74, 6) is 1.25. The number of rotatable bonds is 4. The SMILES string of the molecule is COc1ccc(OC)c(N=Nc2cc(Cl)ccc2Cl)c1. The predicted octanol–water partition coefficient (Wildman–Crippen LogP) is 5.43. The van der Waals surface area contributed by atoms with Crippen LogP contribution in [0, 0.1) is 0 Å². The molecule has 0 aliphatic heterocycles. The minimum atomic E-state index is 0.472. The van der Waals surface area contributed by atoms with Gasteiger partial charge in [0, 0.05) is 11.1 Å². The lowest BCUT2D eigenvalue weighted by Gasteiger charge is -2.06. The Labute approximate surface area is 126 Å². The van der Waals surface area contributed by atoms with Gasteiger partial charge in [0.15, 0.2) is 0 Å². The van der Waals surface area contributed by atoms with Crippen molar-refractivity contribution in [1.29, 1.82) is 0 Å². The van der Waals surface area contributed by atoms with E-state index in [2.05, 4.69) is 10.2 Å². The molecule has 104 valence electrons. The molecular weight excluding hydrogens is 299 g/mol. The van der Waals surface area contributed by atoms with Crippen molar-refractivity contribution >= 4 is 34.6 Å². The van der Waals surface area contributed by atoms with Gasteiger partial charge in [-0.3, -0.25) is 0 Å². The smallest absolute Gasteiger partial charge is 0.146 e. The normalized spacial score (nSPS) is 10.8. The summed E-state index contributed by atoms with van der Waals surface area (Å²) in [7, 11) is 3.14. The number of benzene rings is 2. The van der Waals surface area contributed by atoms with Crippen molar-refractivity contribution in [2.45, 2.75) is 0 Å². The summed E-state index contributed by atoms with van der Waals surface area (Å²) in [5.41, 5.74) is 1.03. The molecule has 0 fully saturated rings. The maximum atomic E-state index is 6.03. The van der Waals surface area contributed by atoms with Crippen LogP contribution in [0.15, 0.2) is 46.6 Å². The van der Waals surface area contributed by atoms with Crippen molar-refractivity contribution in [2.24, 2.45) is 10.2 Å². The van der Waals surface area contributed by atoms with Crippen LogP contribution in [0.1, 0.15) is 0 Å². The molecule has 4 nitrogen and oxygen atoms in total. The molecule has 0 saturated heterocycles. The maximum Gasteiger partial charge on any atom is 0.146 e. The van der Waals surface area contributed by atoms with Crippen molar-refractivity contribution in [1.82, 2.24) is 0 Å². The van der Waals surface area contributed by atoms with Gasteiger partial charge in [-0.15, -0.1) is 10.2 Å². The lowest BCUT2D eigenvalue weighted by atomic mass is 10.3. The largest absolute Gasteiger partial charge is 0.497 e. The third kappa shape index (κ3) is 3.40. The van der Waals surface area contributed by atoms with E-state index in [1.165, 1.54) is 0 Å². The number of methoxy groups -OCH3 is 2. The fourth-order valence-electron chi connectivity index (χ4n) is 1.55. The zero-order chi connectivity index (χ0) is 14.5.